The van der Waals surface area contributed by atoms with Gasteiger partial charge in [0.25, 0.3) is 0 Å². The van der Waals surface area contributed by atoms with Crippen LogP contribution < -0.4 is 5.32 Å². The lowest BCUT2D eigenvalue weighted by atomic mass is 10.1. The first-order chi connectivity index (χ1) is 6.29. The van der Waals surface area contributed by atoms with E-state index in [1.165, 1.54) is 4.68 Å². The maximum Gasteiger partial charge on any atom is 0.342 e. The summed E-state index contributed by atoms with van der Waals surface area (Å²) in [6.07, 6.45) is 0. The molecule has 1 amide bonds. The molecule has 4 nitrogen and oxygen atoms in total. The van der Waals surface area contributed by atoms with Gasteiger partial charge in [-0.05, 0) is 40.7 Å². The topological polar surface area (TPSA) is 46.9 Å². The van der Waals surface area contributed by atoms with E-state index >= 15 is 0 Å². The molecule has 0 aliphatic carbocycles. The Bertz CT molecular complexity index is 347. The number of hydrogen-bond acceptors (Lipinski definition) is 2. The van der Waals surface area contributed by atoms with Crippen molar-refractivity contribution < 1.29 is 4.79 Å². The van der Waals surface area contributed by atoms with Crippen LogP contribution in [0.15, 0.2) is 6.07 Å². The van der Waals surface area contributed by atoms with E-state index in [1.807, 2.05) is 40.7 Å². The van der Waals surface area contributed by atoms with Gasteiger partial charge in [-0.3, -0.25) is 0 Å². The molecule has 0 atom stereocenters. The Balaban J connectivity index is 2.85. The third kappa shape index (κ3) is 2.58. The van der Waals surface area contributed by atoms with Crippen LogP contribution in [0.3, 0.4) is 0 Å². The number of nitrogens with one attached hydrogen (secondary N) is 1. The van der Waals surface area contributed by atoms with E-state index in [0.717, 1.165) is 11.4 Å². The van der Waals surface area contributed by atoms with Crippen molar-refractivity contribution in [1.82, 2.24) is 15.1 Å². The molecule has 1 aromatic heterocycles. The highest BCUT2D eigenvalue weighted by Crippen LogP contribution is 2.04. The van der Waals surface area contributed by atoms with Gasteiger partial charge in [-0.1, -0.05) is 0 Å². The smallest absolute Gasteiger partial charge is 0.332 e. The Morgan fingerprint density at radius 2 is 2.00 bits per heavy atom. The van der Waals surface area contributed by atoms with E-state index < -0.39 is 0 Å². The molecule has 1 N–H and O–H groups in total. The average molecular weight is 195 g/mol. The third-order valence-electron chi connectivity index (χ3n) is 1.68. The molecule has 14 heavy (non-hydrogen) atoms. The number of aryl methyl sites for hydroxylation is 2. The van der Waals surface area contributed by atoms with Crippen LogP contribution in [0.4, 0.5) is 4.79 Å². The van der Waals surface area contributed by atoms with E-state index in [9.17, 15) is 4.79 Å². The van der Waals surface area contributed by atoms with Crippen molar-refractivity contribution in [3.05, 3.63) is 17.5 Å². The van der Waals surface area contributed by atoms with E-state index in [2.05, 4.69) is 10.4 Å². The zero-order valence-electron chi connectivity index (χ0n) is 9.38. The Kier molecular flexibility index (Phi) is 2.64. The average Bonchev–Trinajstić information content (AvgIpc) is 2.26. The molecule has 1 aromatic rings. The third-order valence-corrected chi connectivity index (χ3v) is 1.68. The molecule has 0 bridgehead atoms. The molecular formula is C10H17N3O. The second-order valence-corrected chi connectivity index (χ2v) is 4.52. The SMILES string of the molecule is Cc1cc(C)n(C(=O)NC(C)(C)C)n1. The fourth-order valence-electron chi connectivity index (χ4n) is 1.21. The van der Waals surface area contributed by atoms with Gasteiger partial charge in [-0.25, -0.2) is 4.79 Å². The summed E-state index contributed by atoms with van der Waals surface area (Å²) in [6, 6.07) is 1.70. The number of amides is 1. The molecule has 1 heterocycles. The first-order valence-electron chi connectivity index (χ1n) is 4.65. The number of carbonyl (C=O) groups is 1. The monoisotopic (exact) mass is 195 g/mol. The van der Waals surface area contributed by atoms with Crippen LogP contribution in [0.1, 0.15) is 32.2 Å². The molecule has 0 spiro atoms. The Morgan fingerprint density at radius 1 is 1.43 bits per heavy atom. The number of aromatic nitrogens is 2. The zero-order valence-corrected chi connectivity index (χ0v) is 9.38. The standard InChI is InChI=1S/C10H17N3O/c1-7-6-8(2)13(12-7)9(14)11-10(3,4)5/h6H,1-5H3,(H,11,14). The van der Waals surface area contributed by atoms with E-state index in [1.54, 1.807) is 0 Å². The van der Waals surface area contributed by atoms with Gasteiger partial charge in [0.2, 0.25) is 0 Å². The maximum absolute atomic E-state index is 11.7. The molecule has 0 aliphatic heterocycles. The highest BCUT2D eigenvalue weighted by atomic mass is 16.2. The largest absolute Gasteiger partial charge is 0.342 e. The number of carbonyl (C=O) groups excluding carboxylic acids is 1. The summed E-state index contributed by atoms with van der Waals surface area (Å²) in [4.78, 5) is 11.7. The fourth-order valence-corrected chi connectivity index (χ4v) is 1.21. The Morgan fingerprint density at radius 3 is 2.36 bits per heavy atom. The number of rotatable bonds is 0. The van der Waals surface area contributed by atoms with Gasteiger partial charge in [-0.15, -0.1) is 0 Å². The van der Waals surface area contributed by atoms with Gasteiger partial charge in [0, 0.05) is 11.2 Å². The quantitative estimate of drug-likeness (QED) is 0.686. The van der Waals surface area contributed by atoms with Crippen molar-refractivity contribution in [2.75, 3.05) is 0 Å². The van der Waals surface area contributed by atoms with Crippen LogP contribution in [-0.4, -0.2) is 21.4 Å². The lowest BCUT2D eigenvalue weighted by Crippen LogP contribution is -2.43. The molecule has 1 rings (SSSR count). The normalized spacial score (nSPS) is 11.5. The summed E-state index contributed by atoms with van der Waals surface area (Å²) in [7, 11) is 0. The van der Waals surface area contributed by atoms with Crippen LogP contribution in [0, 0.1) is 13.8 Å². The minimum absolute atomic E-state index is 0.178. The summed E-state index contributed by atoms with van der Waals surface area (Å²) in [5.41, 5.74) is 1.47. The van der Waals surface area contributed by atoms with Gasteiger partial charge < -0.3 is 5.32 Å². The van der Waals surface area contributed by atoms with E-state index in [0.29, 0.717) is 0 Å². The second kappa shape index (κ2) is 3.44. The van der Waals surface area contributed by atoms with Crippen molar-refractivity contribution >= 4 is 6.03 Å². The fraction of sp³-hybridized carbons (Fsp3) is 0.600. The zero-order chi connectivity index (χ0) is 10.9. The number of nitrogens with zero attached hydrogens (tertiary/aromatic N) is 2. The molecular weight excluding hydrogens is 178 g/mol. The molecule has 0 aliphatic rings. The molecule has 0 unspecified atom stereocenters. The van der Waals surface area contributed by atoms with Crippen LogP contribution >= 0.6 is 0 Å². The molecule has 0 saturated carbocycles. The summed E-state index contributed by atoms with van der Waals surface area (Å²) >= 11 is 0. The minimum atomic E-state index is -0.233. The van der Waals surface area contributed by atoms with Crippen molar-refractivity contribution in [3.8, 4) is 0 Å². The minimum Gasteiger partial charge on any atom is -0.332 e. The Hall–Kier alpha value is -1.32. The van der Waals surface area contributed by atoms with Gasteiger partial charge in [-0.2, -0.15) is 9.78 Å². The van der Waals surface area contributed by atoms with Gasteiger partial charge >= 0.3 is 6.03 Å². The van der Waals surface area contributed by atoms with Crippen molar-refractivity contribution in [3.63, 3.8) is 0 Å². The molecule has 78 valence electrons. The first kappa shape index (κ1) is 10.8. The summed E-state index contributed by atoms with van der Waals surface area (Å²) < 4.78 is 1.39. The van der Waals surface area contributed by atoms with E-state index in [4.69, 9.17) is 0 Å². The molecule has 0 aromatic carbocycles. The highest BCUT2D eigenvalue weighted by Gasteiger charge is 2.16. The molecule has 0 radical (unpaired) electrons. The van der Waals surface area contributed by atoms with Crippen LogP contribution in [0.5, 0.6) is 0 Å². The Labute approximate surface area is 84.3 Å². The molecule has 0 saturated heterocycles. The number of hydrogen-bond donors (Lipinski definition) is 1. The van der Waals surface area contributed by atoms with Crippen LogP contribution in [0.25, 0.3) is 0 Å². The highest BCUT2D eigenvalue weighted by molar-refractivity contribution is 5.77. The van der Waals surface area contributed by atoms with Crippen LogP contribution in [0.2, 0.25) is 0 Å². The predicted octanol–water partition coefficient (Wildman–Crippen LogP) is 1.86. The predicted molar refractivity (Wildman–Crippen MR) is 55.4 cm³/mol. The van der Waals surface area contributed by atoms with Gasteiger partial charge in [0.1, 0.15) is 0 Å². The maximum atomic E-state index is 11.7. The van der Waals surface area contributed by atoms with Crippen molar-refractivity contribution in [1.29, 1.82) is 0 Å². The molecule has 4 heteroatoms. The van der Waals surface area contributed by atoms with Crippen molar-refractivity contribution in [2.45, 2.75) is 40.2 Å². The second-order valence-electron chi connectivity index (χ2n) is 4.52. The van der Waals surface area contributed by atoms with Crippen molar-refractivity contribution in [2.24, 2.45) is 0 Å². The first-order valence-corrected chi connectivity index (χ1v) is 4.65. The lowest BCUT2D eigenvalue weighted by Gasteiger charge is -2.20. The molecule has 0 fully saturated rings. The van der Waals surface area contributed by atoms with Crippen LogP contribution in [-0.2, 0) is 0 Å². The summed E-state index contributed by atoms with van der Waals surface area (Å²) in [5.74, 6) is 0. The lowest BCUT2D eigenvalue weighted by molar-refractivity contribution is 0.230. The summed E-state index contributed by atoms with van der Waals surface area (Å²) in [6.45, 7) is 9.56. The summed E-state index contributed by atoms with van der Waals surface area (Å²) in [5, 5.41) is 6.95. The van der Waals surface area contributed by atoms with Gasteiger partial charge in [0.15, 0.2) is 0 Å². The van der Waals surface area contributed by atoms with Gasteiger partial charge in [0.05, 0.1) is 5.69 Å². The van der Waals surface area contributed by atoms with E-state index in [-0.39, 0.29) is 11.6 Å².